The molecule has 208 valence electrons. The van der Waals surface area contributed by atoms with Gasteiger partial charge in [-0.1, -0.05) is 31.9 Å². The number of carbonyl (C=O) groups is 3. The van der Waals surface area contributed by atoms with Gasteiger partial charge in [0.1, 0.15) is 18.7 Å². The molecule has 1 aromatic carbocycles. The number of hydrogen-bond donors (Lipinski definition) is 1. The molecule has 1 aromatic heterocycles. The number of likely N-dealkylation sites (tertiary alicyclic amines) is 1. The zero-order valence-corrected chi connectivity index (χ0v) is 23.5. The van der Waals surface area contributed by atoms with Gasteiger partial charge in [-0.05, 0) is 37.9 Å². The molecule has 39 heavy (non-hydrogen) atoms. The summed E-state index contributed by atoms with van der Waals surface area (Å²) < 4.78 is 5.69. The van der Waals surface area contributed by atoms with Crippen LogP contribution >= 0.6 is 11.3 Å². The maximum Gasteiger partial charge on any atom is 0.251 e. The zero-order valence-electron chi connectivity index (χ0n) is 22.7. The van der Waals surface area contributed by atoms with E-state index >= 15 is 0 Å². The molecule has 4 heterocycles. The van der Waals surface area contributed by atoms with Gasteiger partial charge in [-0.25, -0.2) is 4.98 Å². The highest BCUT2D eigenvalue weighted by Crippen LogP contribution is 2.35. The maximum absolute atomic E-state index is 13.8. The molecule has 4 atom stereocenters. The fraction of sp³-hybridized carbons (Fsp3) is 0.586. The van der Waals surface area contributed by atoms with Crippen LogP contribution in [0, 0.1) is 11.8 Å². The molecule has 4 aliphatic rings. The molecule has 2 aromatic rings. The molecule has 3 aliphatic heterocycles. The lowest BCUT2D eigenvalue weighted by Crippen LogP contribution is -2.54. The van der Waals surface area contributed by atoms with Crippen LogP contribution in [-0.2, 0) is 14.3 Å². The van der Waals surface area contributed by atoms with Gasteiger partial charge in [-0.15, -0.1) is 11.3 Å². The Bertz CT molecular complexity index is 1220. The molecule has 0 radical (unpaired) electrons. The van der Waals surface area contributed by atoms with Crippen LogP contribution in [0.5, 0.6) is 0 Å². The number of aromatic nitrogens is 1. The molecule has 0 spiro atoms. The summed E-state index contributed by atoms with van der Waals surface area (Å²) in [5.74, 6) is -0.275. The van der Waals surface area contributed by atoms with Gasteiger partial charge in [0.25, 0.3) is 5.91 Å². The summed E-state index contributed by atoms with van der Waals surface area (Å²) in [6.45, 7) is 6.58. The first-order valence-electron chi connectivity index (χ1n) is 14.1. The normalized spacial score (nSPS) is 26.7. The Morgan fingerprint density at radius 3 is 2.54 bits per heavy atom. The van der Waals surface area contributed by atoms with Crippen molar-refractivity contribution in [2.75, 3.05) is 51.3 Å². The number of nitrogens with one attached hydrogen (secondary N) is 1. The second-order valence-corrected chi connectivity index (χ2v) is 12.4. The number of thiazole rings is 1. The minimum Gasteiger partial charge on any atom is -0.367 e. The standard InChI is InChI=1S/C29H37N5O4S/c1-18-15-34(25-23(35)16-38-26(18)25)28(37)24(20-5-3-4-6-20)31-27(36)21-9-7-19(8-10-21)22-17-39-29(30-22)33-13-11-32(2)12-14-33/h7-10,17-18,20,24-26H,3-6,11-16H2,1-2H3,(H,31,36)/t18-,24-,25+,26+/m0/s1. The molecule has 6 rings (SSSR count). The van der Waals surface area contributed by atoms with Crippen LogP contribution in [0.3, 0.4) is 0 Å². The van der Waals surface area contributed by atoms with Crippen molar-refractivity contribution in [1.29, 1.82) is 0 Å². The van der Waals surface area contributed by atoms with E-state index in [2.05, 4.69) is 27.5 Å². The molecule has 4 fully saturated rings. The van der Waals surface area contributed by atoms with E-state index in [4.69, 9.17) is 9.72 Å². The van der Waals surface area contributed by atoms with Crippen molar-refractivity contribution in [1.82, 2.24) is 20.1 Å². The van der Waals surface area contributed by atoms with Gasteiger partial charge in [0.2, 0.25) is 5.91 Å². The first-order chi connectivity index (χ1) is 18.9. The molecule has 1 aliphatic carbocycles. The van der Waals surface area contributed by atoms with Crippen molar-refractivity contribution in [2.24, 2.45) is 11.8 Å². The number of hydrogen-bond acceptors (Lipinski definition) is 8. The van der Waals surface area contributed by atoms with Gasteiger partial charge in [0.15, 0.2) is 10.9 Å². The fourth-order valence-corrected chi connectivity index (χ4v) is 7.42. The molecule has 1 saturated carbocycles. The Morgan fingerprint density at radius 1 is 1.10 bits per heavy atom. The third kappa shape index (κ3) is 5.21. The van der Waals surface area contributed by atoms with Crippen molar-refractivity contribution < 1.29 is 19.1 Å². The van der Waals surface area contributed by atoms with Gasteiger partial charge in [0, 0.05) is 55.1 Å². The summed E-state index contributed by atoms with van der Waals surface area (Å²) in [5, 5.41) is 6.16. The first kappa shape index (κ1) is 26.4. The Hall–Kier alpha value is -2.82. The number of Topliss-reactive ketones (excluding diaryl/α,β-unsaturated/α-hetero) is 1. The molecule has 2 amide bonds. The SMILES string of the molecule is C[C@H]1CN(C(=O)[C@@H](NC(=O)c2ccc(-c3csc(N4CCN(C)CC4)n3)cc2)C2CCCC2)[C@@H]2C(=O)CO[C@@H]21. The van der Waals surface area contributed by atoms with E-state index in [-0.39, 0.29) is 42.1 Å². The number of benzene rings is 1. The second-order valence-electron chi connectivity index (χ2n) is 11.5. The number of amides is 2. The summed E-state index contributed by atoms with van der Waals surface area (Å²) in [7, 11) is 2.14. The monoisotopic (exact) mass is 551 g/mol. The van der Waals surface area contributed by atoms with Crippen molar-refractivity contribution in [3.8, 4) is 11.3 Å². The number of carbonyl (C=O) groups excluding carboxylic acids is 3. The first-order valence-corrected chi connectivity index (χ1v) is 15.0. The average molecular weight is 552 g/mol. The molecule has 0 unspecified atom stereocenters. The van der Waals surface area contributed by atoms with Crippen LogP contribution in [0.2, 0.25) is 0 Å². The number of ketones is 1. The van der Waals surface area contributed by atoms with Gasteiger partial charge >= 0.3 is 0 Å². The van der Waals surface area contributed by atoms with Crippen LogP contribution in [0.25, 0.3) is 11.3 Å². The van der Waals surface area contributed by atoms with E-state index in [0.717, 1.165) is 68.3 Å². The molecule has 0 bridgehead atoms. The van der Waals surface area contributed by atoms with Crippen molar-refractivity contribution in [3.63, 3.8) is 0 Å². The Morgan fingerprint density at radius 2 is 1.82 bits per heavy atom. The average Bonchev–Trinajstić information content (AvgIpc) is 3.75. The number of likely N-dealkylation sites (N-methyl/N-ethyl adjacent to an activating group) is 1. The zero-order chi connectivity index (χ0) is 27.1. The van der Waals surface area contributed by atoms with Crippen LogP contribution in [0.1, 0.15) is 43.0 Å². The van der Waals surface area contributed by atoms with E-state index < -0.39 is 12.1 Å². The lowest BCUT2D eigenvalue weighted by molar-refractivity contribution is -0.139. The van der Waals surface area contributed by atoms with Crippen molar-refractivity contribution in [3.05, 3.63) is 35.2 Å². The van der Waals surface area contributed by atoms with Gasteiger partial charge < -0.3 is 24.8 Å². The summed E-state index contributed by atoms with van der Waals surface area (Å²) in [6.07, 6.45) is 3.66. The third-order valence-electron chi connectivity index (χ3n) is 8.86. The highest BCUT2D eigenvalue weighted by molar-refractivity contribution is 7.14. The fourth-order valence-electron chi connectivity index (χ4n) is 6.53. The lowest BCUT2D eigenvalue weighted by atomic mass is 9.95. The minimum atomic E-state index is -0.635. The van der Waals surface area contributed by atoms with Gasteiger partial charge in [-0.3, -0.25) is 14.4 Å². The van der Waals surface area contributed by atoms with E-state index in [1.54, 1.807) is 28.4 Å². The van der Waals surface area contributed by atoms with E-state index in [1.807, 2.05) is 19.1 Å². The van der Waals surface area contributed by atoms with Gasteiger partial charge in [-0.2, -0.15) is 0 Å². The summed E-state index contributed by atoms with van der Waals surface area (Å²) >= 11 is 1.65. The topological polar surface area (TPSA) is 95.1 Å². The predicted octanol–water partition coefficient (Wildman–Crippen LogP) is 2.67. The summed E-state index contributed by atoms with van der Waals surface area (Å²) in [4.78, 5) is 50.9. The maximum atomic E-state index is 13.8. The van der Waals surface area contributed by atoms with Crippen molar-refractivity contribution in [2.45, 2.75) is 50.8 Å². The highest BCUT2D eigenvalue weighted by Gasteiger charge is 2.52. The Kier molecular flexibility index (Phi) is 7.43. The third-order valence-corrected chi connectivity index (χ3v) is 9.76. The largest absolute Gasteiger partial charge is 0.367 e. The smallest absolute Gasteiger partial charge is 0.251 e. The van der Waals surface area contributed by atoms with E-state index in [1.165, 1.54) is 0 Å². The van der Waals surface area contributed by atoms with Crippen LogP contribution in [0.15, 0.2) is 29.6 Å². The predicted molar refractivity (Wildman–Crippen MR) is 150 cm³/mol. The highest BCUT2D eigenvalue weighted by atomic mass is 32.1. The number of fused-ring (bicyclic) bond motifs is 1. The van der Waals surface area contributed by atoms with Crippen LogP contribution < -0.4 is 10.2 Å². The summed E-state index contributed by atoms with van der Waals surface area (Å²) in [5.41, 5.74) is 2.38. The lowest BCUT2D eigenvalue weighted by Gasteiger charge is -2.32. The Labute approximate surface area is 233 Å². The quantitative estimate of drug-likeness (QED) is 0.590. The minimum absolute atomic E-state index is 0.0393. The van der Waals surface area contributed by atoms with E-state index in [0.29, 0.717) is 12.1 Å². The Balaban J connectivity index is 1.15. The molecule has 9 nitrogen and oxygen atoms in total. The van der Waals surface area contributed by atoms with E-state index in [9.17, 15) is 14.4 Å². The molecule has 3 saturated heterocycles. The van der Waals surface area contributed by atoms with Crippen LogP contribution in [-0.4, -0.2) is 96.9 Å². The molecular weight excluding hydrogens is 514 g/mol. The second kappa shape index (κ2) is 11.0. The number of rotatable bonds is 6. The number of piperazine rings is 1. The van der Waals surface area contributed by atoms with Gasteiger partial charge in [0.05, 0.1) is 11.8 Å². The summed E-state index contributed by atoms with van der Waals surface area (Å²) in [6, 6.07) is 6.29. The molecular formula is C29H37N5O4S. The molecule has 10 heteroatoms. The van der Waals surface area contributed by atoms with Crippen LogP contribution in [0.4, 0.5) is 5.13 Å². The number of nitrogens with zero attached hydrogens (tertiary/aromatic N) is 4. The molecule has 1 N–H and O–H groups in total. The number of ether oxygens (including phenoxy) is 1. The van der Waals surface area contributed by atoms with Crippen molar-refractivity contribution >= 4 is 34.1 Å². The number of anilines is 1.